The molecule has 1 atom stereocenters. The minimum Gasteiger partial charge on any atom is -0.388 e. The van der Waals surface area contributed by atoms with Gasteiger partial charge in [0.15, 0.2) is 0 Å². The van der Waals surface area contributed by atoms with E-state index in [0.29, 0.717) is 6.42 Å². The summed E-state index contributed by atoms with van der Waals surface area (Å²) in [6.45, 7) is 4.04. The summed E-state index contributed by atoms with van der Waals surface area (Å²) in [5.74, 6) is 0. The van der Waals surface area contributed by atoms with Crippen molar-refractivity contribution in [3.8, 4) is 0 Å². The van der Waals surface area contributed by atoms with Gasteiger partial charge in [0.2, 0.25) is 0 Å². The quantitative estimate of drug-likeness (QED) is 0.937. The first-order chi connectivity index (χ1) is 8.58. The van der Waals surface area contributed by atoms with Crippen LogP contribution in [-0.4, -0.2) is 10.1 Å². The van der Waals surface area contributed by atoms with E-state index in [1.807, 2.05) is 44.2 Å². The van der Waals surface area contributed by atoms with Crippen molar-refractivity contribution in [2.45, 2.75) is 26.4 Å². The molecule has 0 radical (unpaired) electrons. The zero-order chi connectivity index (χ0) is 13.1. The fourth-order valence-electron chi connectivity index (χ4n) is 1.94. The lowest BCUT2D eigenvalue weighted by molar-refractivity contribution is 0.176. The molecule has 2 nitrogen and oxygen atoms in total. The predicted molar refractivity (Wildman–Crippen MR) is 76.5 cm³/mol. The summed E-state index contributed by atoms with van der Waals surface area (Å²) in [5.41, 5.74) is 4.11. The standard InChI is InChI=1S/C15H16BrNO/c1-10-5-6-13(16)12(8-10)15(18)9-14-11(2)4-3-7-17-14/h3-8,15,18H,9H2,1-2H3. The van der Waals surface area contributed by atoms with Crippen molar-refractivity contribution < 1.29 is 5.11 Å². The molecule has 1 N–H and O–H groups in total. The minimum atomic E-state index is -0.534. The summed E-state index contributed by atoms with van der Waals surface area (Å²) in [5, 5.41) is 10.3. The van der Waals surface area contributed by atoms with Crippen LogP contribution in [0.3, 0.4) is 0 Å². The van der Waals surface area contributed by atoms with Crippen LogP contribution in [0.2, 0.25) is 0 Å². The third kappa shape index (κ3) is 2.98. The number of hydrogen-bond donors (Lipinski definition) is 1. The molecule has 1 aromatic heterocycles. The molecule has 0 saturated carbocycles. The number of aryl methyl sites for hydroxylation is 2. The van der Waals surface area contributed by atoms with Crippen molar-refractivity contribution in [2.24, 2.45) is 0 Å². The lowest BCUT2D eigenvalue weighted by Gasteiger charge is -2.14. The number of halogens is 1. The molecule has 18 heavy (non-hydrogen) atoms. The van der Waals surface area contributed by atoms with Gasteiger partial charge in [0.1, 0.15) is 0 Å². The Morgan fingerprint density at radius 2 is 2.06 bits per heavy atom. The van der Waals surface area contributed by atoms with Gasteiger partial charge in [-0.05, 0) is 37.1 Å². The van der Waals surface area contributed by atoms with E-state index in [4.69, 9.17) is 0 Å². The number of nitrogens with zero attached hydrogens (tertiary/aromatic N) is 1. The number of aliphatic hydroxyl groups excluding tert-OH is 1. The summed E-state index contributed by atoms with van der Waals surface area (Å²) in [4.78, 5) is 4.32. The highest BCUT2D eigenvalue weighted by atomic mass is 79.9. The van der Waals surface area contributed by atoms with Gasteiger partial charge in [0, 0.05) is 22.8 Å². The summed E-state index contributed by atoms with van der Waals surface area (Å²) in [7, 11) is 0. The molecule has 94 valence electrons. The summed E-state index contributed by atoms with van der Waals surface area (Å²) in [6.07, 6.45) is 1.77. The maximum Gasteiger partial charge on any atom is 0.0856 e. The van der Waals surface area contributed by atoms with E-state index in [0.717, 1.165) is 26.9 Å². The second-order valence-electron chi connectivity index (χ2n) is 4.51. The van der Waals surface area contributed by atoms with Gasteiger partial charge in [-0.1, -0.05) is 39.7 Å². The summed E-state index contributed by atoms with van der Waals surface area (Å²) < 4.78 is 0.939. The highest BCUT2D eigenvalue weighted by molar-refractivity contribution is 9.10. The number of aromatic nitrogens is 1. The molecule has 0 amide bonds. The van der Waals surface area contributed by atoms with Crippen molar-refractivity contribution in [3.63, 3.8) is 0 Å². The van der Waals surface area contributed by atoms with Crippen molar-refractivity contribution in [1.82, 2.24) is 4.98 Å². The Balaban J connectivity index is 2.25. The molecule has 0 spiro atoms. The van der Waals surface area contributed by atoms with Gasteiger partial charge in [-0.25, -0.2) is 0 Å². The first-order valence-corrected chi connectivity index (χ1v) is 6.72. The van der Waals surface area contributed by atoms with Crippen LogP contribution in [-0.2, 0) is 6.42 Å². The van der Waals surface area contributed by atoms with Gasteiger partial charge in [-0.3, -0.25) is 4.98 Å². The fourth-order valence-corrected chi connectivity index (χ4v) is 2.45. The second-order valence-corrected chi connectivity index (χ2v) is 5.37. The molecule has 3 heteroatoms. The molecule has 2 rings (SSSR count). The van der Waals surface area contributed by atoms with E-state index >= 15 is 0 Å². The average Bonchev–Trinajstić information content (AvgIpc) is 2.35. The molecule has 0 fully saturated rings. The Morgan fingerprint density at radius 1 is 1.28 bits per heavy atom. The van der Waals surface area contributed by atoms with Gasteiger partial charge in [0.05, 0.1) is 6.10 Å². The van der Waals surface area contributed by atoms with Gasteiger partial charge < -0.3 is 5.11 Å². The Hall–Kier alpha value is -1.19. The van der Waals surface area contributed by atoms with Crippen LogP contribution in [0, 0.1) is 13.8 Å². The Kier molecular flexibility index (Phi) is 4.15. The van der Waals surface area contributed by atoms with Gasteiger partial charge in [-0.2, -0.15) is 0 Å². The zero-order valence-electron chi connectivity index (χ0n) is 10.5. The topological polar surface area (TPSA) is 33.1 Å². The molecule has 0 aliphatic carbocycles. The molecule has 1 unspecified atom stereocenters. The van der Waals surface area contributed by atoms with E-state index in [1.165, 1.54) is 0 Å². The largest absolute Gasteiger partial charge is 0.388 e. The van der Waals surface area contributed by atoms with Gasteiger partial charge in [0.25, 0.3) is 0 Å². The number of pyridine rings is 1. The Bertz CT molecular complexity index is 554. The normalized spacial score (nSPS) is 12.4. The fraction of sp³-hybridized carbons (Fsp3) is 0.267. The van der Waals surface area contributed by atoms with Crippen LogP contribution >= 0.6 is 15.9 Å². The maximum atomic E-state index is 10.3. The van der Waals surface area contributed by atoms with Crippen LogP contribution in [0.1, 0.15) is 28.5 Å². The average molecular weight is 306 g/mol. The first-order valence-electron chi connectivity index (χ1n) is 5.92. The SMILES string of the molecule is Cc1ccc(Br)c(C(O)Cc2ncccc2C)c1. The molecular formula is C15H16BrNO. The molecule has 0 saturated heterocycles. The second kappa shape index (κ2) is 5.63. The Labute approximate surface area is 116 Å². The first kappa shape index (κ1) is 13.2. The Morgan fingerprint density at radius 3 is 2.78 bits per heavy atom. The van der Waals surface area contributed by atoms with E-state index in [1.54, 1.807) is 6.20 Å². The van der Waals surface area contributed by atoms with E-state index < -0.39 is 6.10 Å². The molecule has 1 aromatic carbocycles. The predicted octanol–water partition coefficient (Wildman–Crippen LogP) is 3.74. The van der Waals surface area contributed by atoms with E-state index in [9.17, 15) is 5.11 Å². The van der Waals surface area contributed by atoms with Crippen molar-refractivity contribution in [3.05, 3.63) is 63.4 Å². The van der Waals surface area contributed by atoms with Crippen LogP contribution in [0.5, 0.6) is 0 Å². The lowest BCUT2D eigenvalue weighted by Crippen LogP contribution is -2.06. The molecule has 0 bridgehead atoms. The molecule has 1 heterocycles. The highest BCUT2D eigenvalue weighted by Crippen LogP contribution is 2.27. The number of hydrogen-bond acceptors (Lipinski definition) is 2. The number of rotatable bonds is 3. The van der Waals surface area contributed by atoms with Crippen molar-refractivity contribution >= 4 is 15.9 Å². The molecular weight excluding hydrogens is 290 g/mol. The van der Waals surface area contributed by atoms with Crippen molar-refractivity contribution in [2.75, 3.05) is 0 Å². The van der Waals surface area contributed by atoms with E-state index in [-0.39, 0.29) is 0 Å². The monoisotopic (exact) mass is 305 g/mol. The molecule has 2 aromatic rings. The van der Waals surface area contributed by atoms with E-state index in [2.05, 4.69) is 20.9 Å². The third-order valence-electron chi connectivity index (χ3n) is 3.02. The van der Waals surface area contributed by atoms with Crippen LogP contribution in [0.25, 0.3) is 0 Å². The van der Waals surface area contributed by atoms with Crippen LogP contribution < -0.4 is 0 Å². The summed E-state index contributed by atoms with van der Waals surface area (Å²) >= 11 is 3.48. The van der Waals surface area contributed by atoms with Gasteiger partial charge >= 0.3 is 0 Å². The maximum absolute atomic E-state index is 10.3. The van der Waals surface area contributed by atoms with Gasteiger partial charge in [-0.15, -0.1) is 0 Å². The van der Waals surface area contributed by atoms with Crippen LogP contribution in [0.15, 0.2) is 41.0 Å². The highest BCUT2D eigenvalue weighted by Gasteiger charge is 2.14. The summed E-state index contributed by atoms with van der Waals surface area (Å²) in [6, 6.07) is 9.92. The number of benzene rings is 1. The smallest absolute Gasteiger partial charge is 0.0856 e. The zero-order valence-corrected chi connectivity index (χ0v) is 12.1. The molecule has 0 aliphatic rings. The van der Waals surface area contributed by atoms with Crippen LogP contribution in [0.4, 0.5) is 0 Å². The number of aliphatic hydroxyl groups is 1. The lowest BCUT2D eigenvalue weighted by atomic mass is 10.0. The minimum absolute atomic E-state index is 0.534. The molecule has 0 aliphatic heterocycles. The van der Waals surface area contributed by atoms with Crippen molar-refractivity contribution in [1.29, 1.82) is 0 Å². The third-order valence-corrected chi connectivity index (χ3v) is 3.74.